The molecule has 0 radical (unpaired) electrons. The number of aliphatic imine (C=N–C) groups is 1. The Bertz CT molecular complexity index is 1180. The van der Waals surface area contributed by atoms with E-state index in [4.69, 9.17) is 16.6 Å². The number of nitrogens with one attached hydrogen (secondary N) is 1. The molecule has 0 fully saturated rings. The highest BCUT2D eigenvalue weighted by molar-refractivity contribution is 6.47. The normalized spacial score (nSPS) is 17.9. The van der Waals surface area contributed by atoms with Gasteiger partial charge in [0.05, 0.1) is 13.5 Å². The van der Waals surface area contributed by atoms with E-state index in [9.17, 15) is 14.4 Å². The lowest BCUT2D eigenvalue weighted by Gasteiger charge is -2.34. The number of amides is 2. The molecular formula is C30H38ClN3O4. The molecule has 1 N–H and O–H groups in total. The molecule has 0 aromatic heterocycles. The van der Waals surface area contributed by atoms with E-state index in [0.29, 0.717) is 41.1 Å². The van der Waals surface area contributed by atoms with Crippen molar-refractivity contribution in [2.75, 3.05) is 20.2 Å². The third-order valence-corrected chi connectivity index (χ3v) is 7.61. The van der Waals surface area contributed by atoms with Gasteiger partial charge in [-0.2, -0.15) is 0 Å². The smallest absolute Gasteiger partial charge is 0.307 e. The molecule has 0 saturated heterocycles. The molecular weight excluding hydrogens is 502 g/mol. The van der Waals surface area contributed by atoms with Gasteiger partial charge in [0, 0.05) is 29.2 Å². The van der Waals surface area contributed by atoms with E-state index in [0.717, 1.165) is 24.0 Å². The fourth-order valence-electron chi connectivity index (χ4n) is 4.43. The van der Waals surface area contributed by atoms with Crippen LogP contribution in [0.25, 0.3) is 0 Å². The summed E-state index contributed by atoms with van der Waals surface area (Å²) in [6.07, 6.45) is 2.48. The summed E-state index contributed by atoms with van der Waals surface area (Å²) in [5.74, 6) is 0.359. The zero-order valence-corrected chi connectivity index (χ0v) is 23.7. The molecule has 7 nitrogen and oxygen atoms in total. The summed E-state index contributed by atoms with van der Waals surface area (Å²) < 4.78 is 4.59. The molecule has 2 amide bonds. The van der Waals surface area contributed by atoms with Crippen molar-refractivity contribution >= 4 is 35.1 Å². The number of benzene rings is 2. The highest BCUT2D eigenvalue weighted by Crippen LogP contribution is 2.34. The van der Waals surface area contributed by atoms with Crippen LogP contribution in [0.2, 0.25) is 5.02 Å². The third-order valence-electron chi connectivity index (χ3n) is 7.37. The number of carbonyl (C=O) groups is 3. The first-order chi connectivity index (χ1) is 18.0. The zero-order chi connectivity index (χ0) is 27.9. The van der Waals surface area contributed by atoms with Gasteiger partial charge < -0.3 is 15.0 Å². The monoisotopic (exact) mass is 539 g/mol. The van der Waals surface area contributed by atoms with Gasteiger partial charge in [-0.1, -0.05) is 56.6 Å². The summed E-state index contributed by atoms with van der Waals surface area (Å²) in [6, 6.07) is 14.6. The minimum Gasteiger partial charge on any atom is -0.469 e. The molecule has 1 heterocycles. The Hall–Kier alpha value is -3.19. The molecule has 2 aromatic rings. The number of ether oxygens (including phenoxy) is 1. The third kappa shape index (κ3) is 7.44. The number of nitrogens with zero attached hydrogens (tertiary/aromatic N) is 2. The van der Waals surface area contributed by atoms with Crippen molar-refractivity contribution in [3.8, 4) is 0 Å². The average Bonchev–Trinajstić information content (AvgIpc) is 3.15. The van der Waals surface area contributed by atoms with Crippen LogP contribution >= 0.6 is 11.6 Å². The van der Waals surface area contributed by atoms with Crippen LogP contribution < -0.4 is 5.32 Å². The molecule has 3 rings (SSSR count). The molecule has 1 aliphatic rings. The molecule has 8 heteroatoms. The van der Waals surface area contributed by atoms with Gasteiger partial charge >= 0.3 is 5.97 Å². The lowest BCUT2D eigenvalue weighted by molar-refractivity contribution is -0.140. The van der Waals surface area contributed by atoms with Crippen LogP contribution in [-0.2, 0) is 20.7 Å². The van der Waals surface area contributed by atoms with Crippen molar-refractivity contribution in [3.05, 3.63) is 70.2 Å². The predicted molar refractivity (Wildman–Crippen MR) is 150 cm³/mol. The zero-order valence-electron chi connectivity index (χ0n) is 22.9. The molecule has 0 bridgehead atoms. The molecule has 0 saturated carbocycles. The van der Waals surface area contributed by atoms with Crippen molar-refractivity contribution < 1.29 is 19.1 Å². The quantitative estimate of drug-likeness (QED) is 0.371. The summed E-state index contributed by atoms with van der Waals surface area (Å²) in [6.45, 7) is 9.43. The van der Waals surface area contributed by atoms with Crippen molar-refractivity contribution in [2.45, 2.75) is 59.0 Å². The minimum atomic E-state index is -0.642. The average molecular weight is 540 g/mol. The maximum Gasteiger partial charge on any atom is 0.307 e. The molecule has 38 heavy (non-hydrogen) atoms. The maximum absolute atomic E-state index is 13.6. The molecule has 0 aliphatic carbocycles. The first-order valence-electron chi connectivity index (χ1n) is 13.2. The van der Waals surface area contributed by atoms with Gasteiger partial charge in [0.1, 0.15) is 11.4 Å². The van der Waals surface area contributed by atoms with Crippen LogP contribution in [0.15, 0.2) is 53.5 Å². The Morgan fingerprint density at radius 1 is 1.13 bits per heavy atom. The van der Waals surface area contributed by atoms with E-state index < -0.39 is 5.66 Å². The fourth-order valence-corrected chi connectivity index (χ4v) is 4.62. The van der Waals surface area contributed by atoms with Gasteiger partial charge in [0.25, 0.3) is 11.8 Å². The van der Waals surface area contributed by atoms with Crippen molar-refractivity contribution in [2.24, 2.45) is 16.8 Å². The van der Waals surface area contributed by atoms with Crippen molar-refractivity contribution in [3.63, 3.8) is 0 Å². The number of halogens is 1. The largest absolute Gasteiger partial charge is 0.469 e. The second-order valence-corrected chi connectivity index (χ2v) is 10.9. The first-order valence-corrected chi connectivity index (χ1v) is 13.5. The van der Waals surface area contributed by atoms with E-state index in [-0.39, 0.29) is 30.7 Å². The lowest BCUT2D eigenvalue weighted by Crippen LogP contribution is -2.46. The second-order valence-electron chi connectivity index (χ2n) is 10.4. The van der Waals surface area contributed by atoms with Gasteiger partial charge in [-0.15, -0.1) is 0 Å². The molecule has 0 spiro atoms. The Labute approximate surface area is 230 Å². The van der Waals surface area contributed by atoms with E-state index >= 15 is 0 Å². The summed E-state index contributed by atoms with van der Waals surface area (Å²) in [4.78, 5) is 44.0. The highest BCUT2D eigenvalue weighted by atomic mass is 35.5. The summed E-state index contributed by atoms with van der Waals surface area (Å²) in [5, 5.41) is 3.29. The summed E-state index contributed by atoms with van der Waals surface area (Å²) >= 11 is 6.21. The molecule has 2 atom stereocenters. The van der Waals surface area contributed by atoms with E-state index in [1.165, 1.54) is 7.11 Å². The summed E-state index contributed by atoms with van der Waals surface area (Å²) in [7, 11) is 1.32. The number of rotatable bonds is 12. The Morgan fingerprint density at radius 3 is 2.47 bits per heavy atom. The second kappa shape index (κ2) is 13.1. The van der Waals surface area contributed by atoms with E-state index in [1.54, 1.807) is 24.3 Å². The van der Waals surface area contributed by atoms with Crippen LogP contribution in [0, 0.1) is 11.8 Å². The number of esters is 1. The number of hydrogen-bond donors (Lipinski definition) is 1. The summed E-state index contributed by atoms with van der Waals surface area (Å²) in [5.41, 5.74) is 2.06. The van der Waals surface area contributed by atoms with Crippen LogP contribution in [0.3, 0.4) is 0 Å². The van der Waals surface area contributed by atoms with Crippen molar-refractivity contribution in [1.29, 1.82) is 0 Å². The first kappa shape index (κ1) is 29.4. The number of hydrogen-bond acceptors (Lipinski definition) is 5. The van der Waals surface area contributed by atoms with Crippen LogP contribution in [0.1, 0.15) is 68.4 Å². The van der Waals surface area contributed by atoms with Crippen LogP contribution in [0.5, 0.6) is 0 Å². The molecule has 204 valence electrons. The van der Waals surface area contributed by atoms with Gasteiger partial charge in [-0.05, 0) is 67.9 Å². The van der Waals surface area contributed by atoms with E-state index in [2.05, 4.69) is 30.8 Å². The van der Waals surface area contributed by atoms with Gasteiger partial charge in [-0.3, -0.25) is 19.4 Å². The van der Waals surface area contributed by atoms with Gasteiger partial charge in [-0.25, -0.2) is 0 Å². The predicted octanol–water partition coefficient (Wildman–Crippen LogP) is 5.30. The Kier molecular flexibility index (Phi) is 10.1. The van der Waals surface area contributed by atoms with Gasteiger partial charge in [0.2, 0.25) is 0 Å². The van der Waals surface area contributed by atoms with Crippen molar-refractivity contribution in [1.82, 2.24) is 10.2 Å². The molecule has 2 unspecified atom stereocenters. The maximum atomic E-state index is 13.6. The Balaban J connectivity index is 1.71. The molecule has 1 aliphatic heterocycles. The lowest BCUT2D eigenvalue weighted by atomic mass is 9.89. The van der Waals surface area contributed by atoms with E-state index in [1.807, 2.05) is 36.1 Å². The standard InChI is InChI=1S/C30H38ClN3O4/c1-20(2)21(3)13-16-30(4)33-27(24-7-6-8-25(31)19-24)29(37)34(30)18-15-22-9-11-23(12-10-22)28(36)32-17-14-26(35)38-5/h6-12,19-21H,13-18H2,1-5H3,(H,32,36). The highest BCUT2D eigenvalue weighted by Gasteiger charge is 2.43. The minimum absolute atomic E-state index is 0.0893. The topological polar surface area (TPSA) is 88.1 Å². The molecule has 2 aromatic carbocycles. The van der Waals surface area contributed by atoms with Crippen LogP contribution in [-0.4, -0.2) is 54.3 Å². The van der Waals surface area contributed by atoms with Crippen LogP contribution in [0.4, 0.5) is 0 Å². The SMILES string of the molecule is COC(=O)CCNC(=O)c1ccc(CCN2C(=O)C(c3cccc(Cl)c3)=NC2(C)CCC(C)C(C)C)cc1. The Morgan fingerprint density at radius 2 is 1.84 bits per heavy atom. The number of methoxy groups -OCH3 is 1. The fraction of sp³-hybridized carbons (Fsp3) is 0.467. The number of carbonyl (C=O) groups excluding carboxylic acids is 3. The van der Waals surface area contributed by atoms with Gasteiger partial charge in [0.15, 0.2) is 0 Å².